The number of aliphatic carboxylic acids is 1. The first-order valence-electron chi connectivity index (χ1n) is 11.1. The number of carboxylic acids is 1. The highest BCUT2D eigenvalue weighted by molar-refractivity contribution is 6.17. The van der Waals surface area contributed by atoms with Crippen molar-refractivity contribution in [3.05, 3.63) is 102 Å². The molecule has 1 aliphatic rings. The van der Waals surface area contributed by atoms with Crippen LogP contribution in [0.1, 0.15) is 29.5 Å². The Kier molecular flexibility index (Phi) is 7.27. The number of carbonyl (C=O) groups is 2. The van der Waals surface area contributed by atoms with Crippen LogP contribution >= 0.6 is 0 Å². The summed E-state index contributed by atoms with van der Waals surface area (Å²) in [6.07, 6.45) is 1.78. The van der Waals surface area contributed by atoms with Crippen molar-refractivity contribution in [2.45, 2.75) is 25.4 Å². The van der Waals surface area contributed by atoms with Gasteiger partial charge in [0, 0.05) is 17.7 Å². The van der Waals surface area contributed by atoms with E-state index in [1.165, 1.54) is 5.56 Å². The molecule has 1 atom stereocenters. The summed E-state index contributed by atoms with van der Waals surface area (Å²) in [5, 5.41) is 12.3. The van der Waals surface area contributed by atoms with E-state index in [1.54, 1.807) is 0 Å². The maximum absolute atomic E-state index is 13.3. The van der Waals surface area contributed by atoms with Crippen LogP contribution < -0.4 is 5.32 Å². The maximum Gasteiger partial charge on any atom is 0.325 e. The standard InChI is InChI=1S/C27H27N3O3/c31-25(32)18-28-26(21-12-5-2-6-13-21)22-14-7-8-15-23(22)29-27(33)24-16-9-17-30(24)19-20-10-3-1-4-11-20/h1-8,10-15,24H,9,16-19H2,(H,29,33)(H,31,32)/t24-/m0/s1. The normalized spacial score (nSPS) is 16.5. The summed E-state index contributed by atoms with van der Waals surface area (Å²) in [6, 6.07) is 26.8. The zero-order valence-electron chi connectivity index (χ0n) is 18.4. The van der Waals surface area contributed by atoms with Crippen molar-refractivity contribution >= 4 is 23.3 Å². The van der Waals surface area contributed by atoms with Crippen LogP contribution in [-0.4, -0.2) is 46.7 Å². The Morgan fingerprint density at radius 1 is 0.939 bits per heavy atom. The van der Waals surface area contributed by atoms with Crippen molar-refractivity contribution in [3.63, 3.8) is 0 Å². The number of aliphatic imine (C=N–C) groups is 1. The topological polar surface area (TPSA) is 82.0 Å². The molecule has 0 radical (unpaired) electrons. The molecule has 1 fully saturated rings. The summed E-state index contributed by atoms with van der Waals surface area (Å²) < 4.78 is 0. The lowest BCUT2D eigenvalue weighted by Gasteiger charge is -2.24. The van der Waals surface area contributed by atoms with Crippen molar-refractivity contribution in [1.82, 2.24) is 4.90 Å². The van der Waals surface area contributed by atoms with Gasteiger partial charge in [-0.3, -0.25) is 19.5 Å². The third-order valence-electron chi connectivity index (χ3n) is 5.75. The van der Waals surface area contributed by atoms with Gasteiger partial charge in [0.05, 0.1) is 17.4 Å². The van der Waals surface area contributed by atoms with E-state index in [4.69, 9.17) is 0 Å². The third kappa shape index (κ3) is 5.73. The van der Waals surface area contributed by atoms with Crippen molar-refractivity contribution in [2.24, 2.45) is 4.99 Å². The van der Waals surface area contributed by atoms with Gasteiger partial charge in [0.1, 0.15) is 6.54 Å². The lowest BCUT2D eigenvalue weighted by Crippen LogP contribution is -2.39. The van der Waals surface area contributed by atoms with E-state index < -0.39 is 5.97 Å². The minimum absolute atomic E-state index is 0.0541. The molecule has 0 spiro atoms. The van der Waals surface area contributed by atoms with E-state index in [0.717, 1.165) is 31.5 Å². The molecule has 6 heteroatoms. The summed E-state index contributed by atoms with van der Waals surface area (Å²) in [4.78, 5) is 31.1. The molecule has 1 saturated heterocycles. The lowest BCUT2D eigenvalue weighted by atomic mass is 10.00. The number of hydrogen-bond acceptors (Lipinski definition) is 4. The van der Waals surface area contributed by atoms with Crippen LogP contribution in [0.15, 0.2) is 89.9 Å². The Labute approximate surface area is 193 Å². The largest absolute Gasteiger partial charge is 0.480 e. The number of rotatable bonds is 8. The van der Waals surface area contributed by atoms with Crippen LogP contribution in [0.2, 0.25) is 0 Å². The number of carboxylic acid groups (broad SMARTS) is 1. The van der Waals surface area contributed by atoms with Gasteiger partial charge in [-0.15, -0.1) is 0 Å². The molecule has 3 aromatic rings. The molecule has 0 aliphatic carbocycles. The highest BCUT2D eigenvalue weighted by Crippen LogP contribution is 2.24. The van der Waals surface area contributed by atoms with Crippen molar-refractivity contribution in [2.75, 3.05) is 18.4 Å². The van der Waals surface area contributed by atoms with Gasteiger partial charge in [-0.1, -0.05) is 78.9 Å². The number of amides is 1. The van der Waals surface area contributed by atoms with Crippen LogP contribution in [0, 0.1) is 0 Å². The molecule has 1 heterocycles. The molecule has 0 aromatic heterocycles. The maximum atomic E-state index is 13.3. The van der Waals surface area contributed by atoms with E-state index in [9.17, 15) is 14.7 Å². The fourth-order valence-electron chi connectivity index (χ4n) is 4.22. The molecule has 168 valence electrons. The molecule has 3 aromatic carbocycles. The van der Waals surface area contributed by atoms with Crippen molar-refractivity contribution < 1.29 is 14.7 Å². The first kappa shape index (κ1) is 22.4. The van der Waals surface area contributed by atoms with Gasteiger partial charge in [-0.25, -0.2) is 0 Å². The molecule has 1 aliphatic heterocycles. The molecule has 0 bridgehead atoms. The fraction of sp³-hybridized carbons (Fsp3) is 0.222. The molecular formula is C27H27N3O3. The second-order valence-corrected chi connectivity index (χ2v) is 8.07. The average Bonchev–Trinajstić information content (AvgIpc) is 3.29. The minimum Gasteiger partial charge on any atom is -0.480 e. The molecule has 4 rings (SSSR count). The molecule has 0 saturated carbocycles. The van der Waals surface area contributed by atoms with Gasteiger partial charge in [-0.05, 0) is 31.0 Å². The van der Waals surface area contributed by atoms with Gasteiger partial charge in [-0.2, -0.15) is 0 Å². The smallest absolute Gasteiger partial charge is 0.325 e. The van der Waals surface area contributed by atoms with Crippen molar-refractivity contribution in [3.8, 4) is 0 Å². The lowest BCUT2D eigenvalue weighted by molar-refractivity contribution is -0.135. The molecular weight excluding hydrogens is 414 g/mol. The van der Waals surface area contributed by atoms with Crippen LogP contribution in [-0.2, 0) is 16.1 Å². The molecule has 0 unspecified atom stereocenters. The third-order valence-corrected chi connectivity index (χ3v) is 5.75. The van der Waals surface area contributed by atoms with Gasteiger partial charge in [0.2, 0.25) is 5.91 Å². The van der Waals surface area contributed by atoms with Crippen LogP contribution in [0.4, 0.5) is 5.69 Å². The summed E-state index contributed by atoms with van der Waals surface area (Å²) >= 11 is 0. The Morgan fingerprint density at radius 2 is 1.61 bits per heavy atom. The Morgan fingerprint density at radius 3 is 2.33 bits per heavy atom. The Bertz CT molecular complexity index is 1130. The highest BCUT2D eigenvalue weighted by Gasteiger charge is 2.31. The van der Waals surface area contributed by atoms with Crippen LogP contribution in [0.5, 0.6) is 0 Å². The molecule has 1 amide bonds. The number of nitrogens with one attached hydrogen (secondary N) is 1. The van der Waals surface area contributed by atoms with Gasteiger partial charge in [0.25, 0.3) is 0 Å². The van der Waals surface area contributed by atoms with E-state index in [2.05, 4.69) is 27.3 Å². The predicted molar refractivity (Wildman–Crippen MR) is 130 cm³/mol. The summed E-state index contributed by atoms with van der Waals surface area (Å²) in [7, 11) is 0. The number of benzene rings is 3. The van der Waals surface area contributed by atoms with Crippen molar-refractivity contribution in [1.29, 1.82) is 0 Å². The monoisotopic (exact) mass is 441 g/mol. The Hall–Kier alpha value is -3.77. The second-order valence-electron chi connectivity index (χ2n) is 8.07. The average molecular weight is 442 g/mol. The van der Waals surface area contributed by atoms with E-state index in [1.807, 2.05) is 72.8 Å². The van der Waals surface area contributed by atoms with E-state index >= 15 is 0 Å². The minimum atomic E-state index is -1.01. The molecule has 6 nitrogen and oxygen atoms in total. The fourth-order valence-corrected chi connectivity index (χ4v) is 4.22. The SMILES string of the molecule is O=C(O)CN=C(c1ccccc1)c1ccccc1NC(=O)[C@@H]1CCCN1Cc1ccccc1. The first-order chi connectivity index (χ1) is 16.1. The number of nitrogens with zero attached hydrogens (tertiary/aromatic N) is 2. The molecule has 33 heavy (non-hydrogen) atoms. The number of carbonyl (C=O) groups excluding carboxylic acids is 1. The predicted octanol–water partition coefficient (Wildman–Crippen LogP) is 4.21. The van der Waals surface area contributed by atoms with E-state index in [0.29, 0.717) is 17.0 Å². The van der Waals surface area contributed by atoms with E-state index in [-0.39, 0.29) is 18.5 Å². The van der Waals surface area contributed by atoms with Gasteiger partial charge in [0.15, 0.2) is 0 Å². The number of para-hydroxylation sites is 1. The number of anilines is 1. The first-order valence-corrected chi connectivity index (χ1v) is 11.1. The summed E-state index contributed by atoms with van der Waals surface area (Å²) in [5.74, 6) is -1.06. The van der Waals surface area contributed by atoms with Gasteiger partial charge < -0.3 is 10.4 Å². The molecule has 2 N–H and O–H groups in total. The second kappa shape index (κ2) is 10.7. The summed E-state index contributed by atoms with van der Waals surface area (Å²) in [6.45, 7) is 1.26. The zero-order valence-corrected chi connectivity index (χ0v) is 18.4. The van der Waals surface area contributed by atoms with Gasteiger partial charge >= 0.3 is 5.97 Å². The number of likely N-dealkylation sites (tertiary alicyclic amines) is 1. The van der Waals surface area contributed by atoms with Crippen LogP contribution in [0.3, 0.4) is 0 Å². The summed E-state index contributed by atoms with van der Waals surface area (Å²) in [5.41, 5.74) is 3.85. The van der Waals surface area contributed by atoms with Crippen LogP contribution in [0.25, 0.3) is 0 Å². The highest BCUT2D eigenvalue weighted by atomic mass is 16.4. The Balaban J connectivity index is 1.58. The zero-order chi connectivity index (χ0) is 23.0. The number of hydrogen-bond donors (Lipinski definition) is 2. The quantitative estimate of drug-likeness (QED) is 0.513.